The molecule has 1 heterocycles. The molecule has 4 nitrogen and oxygen atoms in total. The largest absolute Gasteiger partial charge is 0.487 e. The van der Waals surface area contributed by atoms with Crippen molar-refractivity contribution in [2.24, 2.45) is 0 Å². The molecule has 2 rings (SSSR count). The second-order valence-electron chi connectivity index (χ2n) is 6.19. The van der Waals surface area contributed by atoms with Crippen molar-refractivity contribution in [2.75, 3.05) is 6.61 Å². The van der Waals surface area contributed by atoms with E-state index in [0.29, 0.717) is 24.3 Å². The molecule has 0 radical (unpaired) electrons. The summed E-state index contributed by atoms with van der Waals surface area (Å²) in [5.74, 6) is 0.517. The second-order valence-corrected chi connectivity index (χ2v) is 6.19. The number of rotatable bonds is 6. The minimum atomic E-state index is -0.766. The van der Waals surface area contributed by atoms with E-state index in [1.807, 2.05) is 20.8 Å². The van der Waals surface area contributed by atoms with Gasteiger partial charge in [-0.25, -0.2) is 0 Å². The Hall–Kier alpha value is -1.68. The molecular formula is C18H25NO3. The second kappa shape index (κ2) is 7.05. The van der Waals surface area contributed by atoms with Gasteiger partial charge in [0.2, 0.25) is 0 Å². The third-order valence-corrected chi connectivity index (χ3v) is 4.59. The zero-order chi connectivity index (χ0) is 16.2. The van der Waals surface area contributed by atoms with Crippen molar-refractivity contribution >= 4 is 6.29 Å². The minimum Gasteiger partial charge on any atom is -0.487 e. The number of aliphatic hydroxyl groups is 1. The Morgan fingerprint density at radius 3 is 2.77 bits per heavy atom. The lowest BCUT2D eigenvalue weighted by atomic mass is 9.81. The first-order valence-corrected chi connectivity index (χ1v) is 7.96. The SMILES string of the molecule is CCC(C)(O)C1=C(COc2cncc(C)c2C=O)CCCC1. The summed E-state index contributed by atoms with van der Waals surface area (Å²) in [6.07, 6.45) is 8.84. The molecule has 0 fully saturated rings. The zero-order valence-corrected chi connectivity index (χ0v) is 13.7. The van der Waals surface area contributed by atoms with Gasteiger partial charge in [-0.2, -0.15) is 0 Å². The zero-order valence-electron chi connectivity index (χ0n) is 13.7. The van der Waals surface area contributed by atoms with Crippen LogP contribution in [-0.4, -0.2) is 28.6 Å². The molecule has 1 aromatic rings. The molecule has 4 heteroatoms. The van der Waals surface area contributed by atoms with Gasteiger partial charge in [0, 0.05) is 6.20 Å². The molecule has 0 saturated heterocycles. The fourth-order valence-corrected chi connectivity index (χ4v) is 2.97. The third-order valence-electron chi connectivity index (χ3n) is 4.59. The quantitative estimate of drug-likeness (QED) is 0.644. The van der Waals surface area contributed by atoms with Gasteiger partial charge in [0.05, 0.1) is 17.4 Å². The van der Waals surface area contributed by atoms with Crippen molar-refractivity contribution in [2.45, 2.75) is 58.5 Å². The maximum Gasteiger partial charge on any atom is 0.154 e. The predicted molar refractivity (Wildman–Crippen MR) is 86.3 cm³/mol. The highest BCUT2D eigenvalue weighted by molar-refractivity contribution is 5.81. The number of aldehydes is 1. The van der Waals surface area contributed by atoms with E-state index < -0.39 is 5.60 Å². The van der Waals surface area contributed by atoms with Crippen LogP contribution < -0.4 is 4.74 Å². The van der Waals surface area contributed by atoms with Crippen LogP contribution in [0.3, 0.4) is 0 Å². The highest BCUT2D eigenvalue weighted by atomic mass is 16.5. The number of pyridine rings is 1. The molecular weight excluding hydrogens is 278 g/mol. The average Bonchev–Trinajstić information content (AvgIpc) is 2.53. The maximum atomic E-state index is 11.2. The monoisotopic (exact) mass is 303 g/mol. The van der Waals surface area contributed by atoms with E-state index in [1.165, 1.54) is 0 Å². The summed E-state index contributed by atoms with van der Waals surface area (Å²) in [6, 6.07) is 0. The van der Waals surface area contributed by atoms with Gasteiger partial charge in [-0.05, 0) is 62.7 Å². The van der Waals surface area contributed by atoms with E-state index >= 15 is 0 Å². The number of aromatic nitrogens is 1. The molecule has 120 valence electrons. The highest BCUT2D eigenvalue weighted by Gasteiger charge is 2.28. The fraction of sp³-hybridized carbons (Fsp3) is 0.556. The molecule has 0 saturated carbocycles. The summed E-state index contributed by atoms with van der Waals surface area (Å²) in [5, 5.41) is 10.6. The van der Waals surface area contributed by atoms with Crippen LogP contribution in [0.25, 0.3) is 0 Å². The van der Waals surface area contributed by atoms with E-state index in [2.05, 4.69) is 4.98 Å². The van der Waals surface area contributed by atoms with E-state index in [9.17, 15) is 9.90 Å². The minimum absolute atomic E-state index is 0.414. The maximum absolute atomic E-state index is 11.2. The summed E-state index contributed by atoms with van der Waals surface area (Å²) < 4.78 is 5.86. The molecule has 0 amide bonds. The van der Waals surface area contributed by atoms with Crippen molar-refractivity contribution in [1.29, 1.82) is 0 Å². The number of ether oxygens (including phenoxy) is 1. The Labute approximate surface area is 132 Å². The third kappa shape index (κ3) is 3.55. The number of carbonyl (C=O) groups excluding carboxylic acids is 1. The molecule has 1 aromatic heterocycles. The van der Waals surface area contributed by atoms with Crippen LogP contribution in [-0.2, 0) is 0 Å². The van der Waals surface area contributed by atoms with Crippen molar-refractivity contribution < 1.29 is 14.6 Å². The van der Waals surface area contributed by atoms with Crippen molar-refractivity contribution in [3.05, 3.63) is 34.7 Å². The molecule has 0 bridgehead atoms. The smallest absolute Gasteiger partial charge is 0.154 e. The number of aryl methyl sites for hydroxylation is 1. The van der Waals surface area contributed by atoms with Crippen LogP contribution in [0.2, 0.25) is 0 Å². The summed E-state index contributed by atoms with van der Waals surface area (Å²) in [5.41, 5.74) is 2.87. The standard InChI is InChI=1S/C18H25NO3/c1-4-18(3,21)16-8-6-5-7-14(16)12-22-17-10-19-9-13(2)15(17)11-20/h9-11,21H,4-8,12H2,1-3H3. The summed E-state index contributed by atoms with van der Waals surface area (Å²) >= 11 is 0. The van der Waals surface area contributed by atoms with Gasteiger partial charge >= 0.3 is 0 Å². The van der Waals surface area contributed by atoms with Gasteiger partial charge in [0.15, 0.2) is 6.29 Å². The van der Waals surface area contributed by atoms with Crippen LogP contribution in [0.1, 0.15) is 61.9 Å². The summed E-state index contributed by atoms with van der Waals surface area (Å²) in [4.78, 5) is 15.3. The van der Waals surface area contributed by atoms with Crippen molar-refractivity contribution in [3.8, 4) is 5.75 Å². The topological polar surface area (TPSA) is 59.4 Å². The number of hydrogen-bond donors (Lipinski definition) is 1. The Morgan fingerprint density at radius 2 is 2.09 bits per heavy atom. The Kier molecular flexibility index (Phi) is 5.35. The lowest BCUT2D eigenvalue weighted by Crippen LogP contribution is -2.29. The Bertz CT molecular complexity index is 576. The molecule has 1 N–H and O–H groups in total. The average molecular weight is 303 g/mol. The lowest BCUT2D eigenvalue weighted by molar-refractivity contribution is 0.0861. The summed E-state index contributed by atoms with van der Waals surface area (Å²) in [7, 11) is 0. The molecule has 1 aliphatic rings. The van der Waals surface area contributed by atoms with Gasteiger partial charge in [-0.1, -0.05) is 6.92 Å². The highest BCUT2D eigenvalue weighted by Crippen LogP contribution is 2.34. The van der Waals surface area contributed by atoms with Crippen LogP contribution in [0.15, 0.2) is 23.5 Å². The van der Waals surface area contributed by atoms with Crippen molar-refractivity contribution in [1.82, 2.24) is 4.98 Å². The number of carbonyl (C=O) groups is 1. The summed E-state index contributed by atoms with van der Waals surface area (Å²) in [6.45, 7) is 6.13. The molecule has 22 heavy (non-hydrogen) atoms. The molecule has 0 spiro atoms. The molecule has 0 aromatic carbocycles. The number of nitrogens with zero attached hydrogens (tertiary/aromatic N) is 1. The van der Waals surface area contributed by atoms with E-state index in [-0.39, 0.29) is 0 Å². The first kappa shape index (κ1) is 16.7. The van der Waals surface area contributed by atoms with Gasteiger partial charge in [-0.15, -0.1) is 0 Å². The predicted octanol–water partition coefficient (Wildman–Crippen LogP) is 3.61. The van der Waals surface area contributed by atoms with Gasteiger partial charge in [0.1, 0.15) is 12.4 Å². The first-order valence-electron chi connectivity index (χ1n) is 7.96. The number of hydrogen-bond acceptors (Lipinski definition) is 4. The molecule has 0 aliphatic heterocycles. The molecule has 1 atom stereocenters. The first-order chi connectivity index (χ1) is 10.5. The Morgan fingerprint density at radius 1 is 1.36 bits per heavy atom. The van der Waals surface area contributed by atoms with Crippen molar-refractivity contribution in [3.63, 3.8) is 0 Å². The van der Waals surface area contributed by atoms with Gasteiger partial charge < -0.3 is 9.84 Å². The van der Waals surface area contributed by atoms with Crippen LogP contribution in [0.5, 0.6) is 5.75 Å². The van der Waals surface area contributed by atoms with Gasteiger partial charge in [0.25, 0.3) is 0 Å². The van der Waals surface area contributed by atoms with E-state index in [4.69, 9.17) is 4.74 Å². The van der Waals surface area contributed by atoms with E-state index in [0.717, 1.165) is 48.7 Å². The van der Waals surface area contributed by atoms with Crippen LogP contribution in [0, 0.1) is 6.92 Å². The molecule has 1 aliphatic carbocycles. The molecule has 1 unspecified atom stereocenters. The Balaban J connectivity index is 2.22. The van der Waals surface area contributed by atoms with E-state index in [1.54, 1.807) is 12.4 Å². The normalized spacial score (nSPS) is 18.0. The van der Waals surface area contributed by atoms with Gasteiger partial charge in [-0.3, -0.25) is 9.78 Å². The fourth-order valence-electron chi connectivity index (χ4n) is 2.97. The lowest BCUT2D eigenvalue weighted by Gasteiger charge is -2.31. The van der Waals surface area contributed by atoms with Crippen LogP contribution >= 0.6 is 0 Å². The van der Waals surface area contributed by atoms with Crippen LogP contribution in [0.4, 0.5) is 0 Å².